The van der Waals surface area contributed by atoms with Gasteiger partial charge in [0.25, 0.3) is 0 Å². The standard InChI is InChI=1S/C36H55FN4O6/c1-25-6-8-32(43)24-34(44)47-35(26(2)7-9-33(25)46-36(45)39(5)30-10-12-38(4)13-11-30)27(3)20-28-21-29(37)23-31(22-28)41-16-14-40(15-17-41)18-19-42/h7,9,20-23,25-26,30,32-33,35,42-43H,6,8,10-19,24H2,1-5H3/b9-7+,27-20+/t25-,26-,32+,33-,35-/m0/s1. The second-order valence-electron chi connectivity index (χ2n) is 13.7. The predicted octanol–water partition coefficient (Wildman–Crippen LogP) is 4.16. The third-order valence-corrected chi connectivity index (χ3v) is 9.92. The normalized spacial score (nSPS) is 28.6. The van der Waals surface area contributed by atoms with Crippen molar-refractivity contribution >= 4 is 23.8 Å². The molecule has 2 fully saturated rings. The van der Waals surface area contributed by atoms with E-state index in [2.05, 4.69) is 21.7 Å². The fourth-order valence-electron chi connectivity index (χ4n) is 6.76. The zero-order chi connectivity index (χ0) is 34.1. The SMILES string of the molecule is C/C(=C\c1cc(F)cc(N2CCN(CCO)CC2)c1)[C@H]1OC(=O)C[C@H](O)CC[C@H](C)[C@@H](OC(=O)N(C)C2CCN(C)CC2)/C=C/[C@@H]1C. The fourth-order valence-corrected chi connectivity index (χ4v) is 6.76. The van der Waals surface area contributed by atoms with Crippen LogP contribution in [-0.4, -0.2) is 128 Å². The maximum absolute atomic E-state index is 14.9. The number of rotatable bonds is 7. The Bertz CT molecular complexity index is 1240. The smallest absolute Gasteiger partial charge is 0.410 e. The Labute approximate surface area is 279 Å². The summed E-state index contributed by atoms with van der Waals surface area (Å²) >= 11 is 0. The highest BCUT2D eigenvalue weighted by Gasteiger charge is 2.30. The van der Waals surface area contributed by atoms with E-state index in [1.807, 2.05) is 45.1 Å². The van der Waals surface area contributed by atoms with Crippen LogP contribution in [0, 0.1) is 17.7 Å². The van der Waals surface area contributed by atoms with E-state index < -0.39 is 24.3 Å². The second kappa shape index (κ2) is 17.4. The van der Waals surface area contributed by atoms with Crippen LogP contribution in [0.1, 0.15) is 58.4 Å². The van der Waals surface area contributed by atoms with Gasteiger partial charge in [0.15, 0.2) is 0 Å². The molecule has 2 N–H and O–H groups in total. The Hall–Kier alpha value is -2.99. The van der Waals surface area contributed by atoms with Crippen LogP contribution in [0.3, 0.4) is 0 Å². The number of carbonyl (C=O) groups is 2. The molecule has 1 aromatic rings. The molecule has 0 saturated carbocycles. The van der Waals surface area contributed by atoms with Gasteiger partial charge in [-0.05, 0) is 94.1 Å². The number of hydrogen-bond acceptors (Lipinski definition) is 9. The lowest BCUT2D eigenvalue weighted by atomic mass is 9.91. The summed E-state index contributed by atoms with van der Waals surface area (Å²) in [5.74, 6) is -1.22. The monoisotopic (exact) mass is 658 g/mol. The van der Waals surface area contributed by atoms with Gasteiger partial charge in [0, 0.05) is 57.4 Å². The van der Waals surface area contributed by atoms with E-state index in [-0.39, 0.29) is 42.8 Å². The summed E-state index contributed by atoms with van der Waals surface area (Å²) in [6, 6.07) is 5.06. The molecule has 2 saturated heterocycles. The Kier molecular flexibility index (Phi) is 13.7. The van der Waals surface area contributed by atoms with E-state index in [0.717, 1.165) is 63.4 Å². The molecule has 5 atom stereocenters. The highest BCUT2D eigenvalue weighted by Crippen LogP contribution is 2.28. The number of aliphatic hydroxyl groups excluding tert-OH is 2. The van der Waals surface area contributed by atoms with Crippen molar-refractivity contribution in [2.75, 3.05) is 71.4 Å². The fraction of sp³-hybridized carbons (Fsp3) is 0.667. The molecule has 3 aliphatic rings. The average molecular weight is 659 g/mol. The zero-order valence-electron chi connectivity index (χ0n) is 28.8. The number of ether oxygens (including phenoxy) is 2. The summed E-state index contributed by atoms with van der Waals surface area (Å²) in [4.78, 5) is 34.5. The summed E-state index contributed by atoms with van der Waals surface area (Å²) in [5, 5.41) is 19.9. The van der Waals surface area contributed by atoms with E-state index in [1.165, 1.54) is 12.1 Å². The first-order valence-electron chi connectivity index (χ1n) is 17.2. The number of piperazine rings is 1. The van der Waals surface area contributed by atoms with Gasteiger partial charge in [-0.15, -0.1) is 0 Å². The van der Waals surface area contributed by atoms with Gasteiger partial charge in [-0.3, -0.25) is 9.69 Å². The molecular weight excluding hydrogens is 603 g/mol. The number of piperidine rings is 1. The molecule has 0 bridgehead atoms. The molecule has 3 aliphatic heterocycles. The molecule has 47 heavy (non-hydrogen) atoms. The molecule has 0 aromatic heterocycles. The molecule has 4 rings (SSSR count). The third kappa shape index (κ3) is 10.8. The number of likely N-dealkylation sites (tertiary alicyclic amines) is 1. The minimum atomic E-state index is -0.879. The molecule has 11 heteroatoms. The number of cyclic esters (lactones) is 1. The number of nitrogens with zero attached hydrogens (tertiary/aromatic N) is 4. The number of carbonyl (C=O) groups excluding carboxylic acids is 2. The Morgan fingerprint density at radius 2 is 1.77 bits per heavy atom. The first-order valence-corrected chi connectivity index (χ1v) is 17.2. The predicted molar refractivity (Wildman–Crippen MR) is 182 cm³/mol. The minimum Gasteiger partial charge on any atom is -0.457 e. The lowest BCUT2D eigenvalue weighted by Gasteiger charge is -2.36. The van der Waals surface area contributed by atoms with E-state index in [0.29, 0.717) is 24.9 Å². The number of amides is 1. The molecule has 3 heterocycles. The largest absolute Gasteiger partial charge is 0.457 e. The summed E-state index contributed by atoms with van der Waals surface area (Å²) < 4.78 is 26.9. The van der Waals surface area contributed by atoms with Crippen LogP contribution in [0.25, 0.3) is 6.08 Å². The van der Waals surface area contributed by atoms with Crippen molar-refractivity contribution in [3.05, 3.63) is 47.3 Å². The number of β-amino-alcohol motifs (C(OH)–C–C–N with tert-alkyl or cyclic N) is 1. The van der Waals surface area contributed by atoms with Crippen molar-refractivity contribution < 1.29 is 33.7 Å². The third-order valence-electron chi connectivity index (χ3n) is 9.92. The van der Waals surface area contributed by atoms with Crippen molar-refractivity contribution in [1.29, 1.82) is 0 Å². The van der Waals surface area contributed by atoms with Crippen molar-refractivity contribution in [3.63, 3.8) is 0 Å². The number of esters is 1. The summed E-state index contributed by atoms with van der Waals surface area (Å²) in [7, 11) is 3.88. The molecule has 0 aliphatic carbocycles. The van der Waals surface area contributed by atoms with Crippen molar-refractivity contribution in [1.82, 2.24) is 14.7 Å². The van der Waals surface area contributed by atoms with Crippen LogP contribution in [-0.2, 0) is 14.3 Å². The molecule has 262 valence electrons. The number of halogens is 1. The molecule has 0 spiro atoms. The number of hydrogen-bond donors (Lipinski definition) is 2. The van der Waals surface area contributed by atoms with Crippen LogP contribution in [0.5, 0.6) is 0 Å². The number of anilines is 1. The number of aliphatic hydroxyl groups is 2. The van der Waals surface area contributed by atoms with Gasteiger partial charge in [0.05, 0.1) is 19.1 Å². The quantitative estimate of drug-likeness (QED) is 0.330. The van der Waals surface area contributed by atoms with Gasteiger partial charge >= 0.3 is 12.1 Å². The van der Waals surface area contributed by atoms with E-state index >= 15 is 0 Å². The van der Waals surface area contributed by atoms with Gasteiger partial charge in [-0.2, -0.15) is 0 Å². The minimum absolute atomic E-state index is 0.0790. The van der Waals surface area contributed by atoms with Crippen LogP contribution >= 0.6 is 0 Å². The summed E-state index contributed by atoms with van der Waals surface area (Å²) in [6.45, 7) is 11.4. The maximum atomic E-state index is 14.9. The maximum Gasteiger partial charge on any atom is 0.410 e. The van der Waals surface area contributed by atoms with Crippen molar-refractivity contribution in [2.45, 2.75) is 77.2 Å². The summed E-state index contributed by atoms with van der Waals surface area (Å²) in [6.07, 6.45) is 5.83. The second-order valence-corrected chi connectivity index (χ2v) is 13.7. The van der Waals surface area contributed by atoms with Gasteiger partial charge in [0.1, 0.15) is 18.0 Å². The first kappa shape index (κ1) is 36.8. The van der Waals surface area contributed by atoms with E-state index in [1.54, 1.807) is 11.9 Å². The van der Waals surface area contributed by atoms with Crippen LogP contribution in [0.15, 0.2) is 35.9 Å². The van der Waals surface area contributed by atoms with Gasteiger partial charge in [0.2, 0.25) is 0 Å². The average Bonchev–Trinajstić information content (AvgIpc) is 3.04. The van der Waals surface area contributed by atoms with Gasteiger partial charge in [-0.1, -0.05) is 26.0 Å². The van der Waals surface area contributed by atoms with E-state index in [4.69, 9.17) is 9.47 Å². The van der Waals surface area contributed by atoms with Gasteiger partial charge in [-0.25, -0.2) is 9.18 Å². The molecule has 10 nitrogen and oxygen atoms in total. The molecule has 0 unspecified atom stereocenters. The number of benzene rings is 1. The summed E-state index contributed by atoms with van der Waals surface area (Å²) in [5.41, 5.74) is 2.17. The molecule has 0 radical (unpaired) electrons. The Morgan fingerprint density at radius 1 is 1.06 bits per heavy atom. The molecule has 1 amide bonds. The lowest BCUT2D eigenvalue weighted by Crippen LogP contribution is -2.47. The molecular formula is C36H55FN4O6. The Morgan fingerprint density at radius 3 is 2.45 bits per heavy atom. The lowest BCUT2D eigenvalue weighted by molar-refractivity contribution is -0.151. The topological polar surface area (TPSA) is 106 Å². The van der Waals surface area contributed by atoms with Crippen molar-refractivity contribution in [3.8, 4) is 0 Å². The van der Waals surface area contributed by atoms with Crippen LogP contribution in [0.2, 0.25) is 0 Å². The molecule has 1 aromatic carbocycles. The first-order chi connectivity index (χ1) is 22.4. The van der Waals surface area contributed by atoms with Gasteiger partial charge < -0.3 is 34.4 Å². The zero-order valence-corrected chi connectivity index (χ0v) is 28.8. The van der Waals surface area contributed by atoms with Crippen LogP contribution in [0.4, 0.5) is 14.9 Å². The highest BCUT2D eigenvalue weighted by atomic mass is 19.1. The van der Waals surface area contributed by atoms with Crippen molar-refractivity contribution in [2.24, 2.45) is 11.8 Å². The van der Waals surface area contributed by atoms with Crippen LogP contribution < -0.4 is 4.90 Å². The Balaban J connectivity index is 1.53. The highest BCUT2D eigenvalue weighted by molar-refractivity contribution is 5.71. The van der Waals surface area contributed by atoms with E-state index in [9.17, 15) is 24.2 Å².